The normalized spacial score (nSPS) is 11.4. The van der Waals surface area contributed by atoms with Crippen molar-refractivity contribution in [2.45, 2.75) is 6.54 Å². The van der Waals surface area contributed by atoms with E-state index in [-0.39, 0.29) is 5.69 Å². The van der Waals surface area contributed by atoms with Gasteiger partial charge in [0.25, 0.3) is 0 Å². The molecule has 0 aliphatic heterocycles. The first kappa shape index (κ1) is 9.70. The number of imidazole rings is 1. The SMILES string of the molecule is C=CCn1cnc2c1c1nnnn1c(=O)n2C. The maximum Gasteiger partial charge on any atom is 0.353 e. The Morgan fingerprint density at radius 2 is 2.29 bits per heavy atom. The first-order valence-corrected chi connectivity index (χ1v) is 4.97. The van der Waals surface area contributed by atoms with E-state index in [2.05, 4.69) is 27.1 Å². The lowest BCUT2D eigenvalue weighted by Crippen LogP contribution is -2.25. The van der Waals surface area contributed by atoms with Crippen LogP contribution in [0.25, 0.3) is 16.8 Å². The number of allylic oxidation sites excluding steroid dienone is 1. The zero-order chi connectivity index (χ0) is 12.0. The summed E-state index contributed by atoms with van der Waals surface area (Å²) >= 11 is 0. The van der Waals surface area contributed by atoms with Crippen molar-refractivity contribution in [1.82, 2.24) is 34.2 Å². The van der Waals surface area contributed by atoms with Crippen molar-refractivity contribution >= 4 is 16.8 Å². The van der Waals surface area contributed by atoms with Crippen molar-refractivity contribution in [2.75, 3.05) is 0 Å². The zero-order valence-electron chi connectivity index (χ0n) is 9.11. The maximum atomic E-state index is 11.9. The lowest BCUT2D eigenvalue weighted by atomic mass is 10.4. The maximum absolute atomic E-state index is 11.9. The van der Waals surface area contributed by atoms with Crippen LogP contribution in [0.1, 0.15) is 0 Å². The average Bonchev–Trinajstić information content (AvgIpc) is 2.92. The smallest absolute Gasteiger partial charge is 0.322 e. The molecule has 0 N–H and O–H groups in total. The summed E-state index contributed by atoms with van der Waals surface area (Å²) in [4.78, 5) is 16.1. The standard InChI is InChI=1S/C9H9N7O/c1-3-4-15-5-10-7-6(15)8-11-12-13-16(8)9(17)14(7)2/h3,5H,1,4H2,2H3. The number of hydrogen-bond donors (Lipinski definition) is 0. The van der Waals surface area contributed by atoms with Gasteiger partial charge in [-0.2, -0.15) is 0 Å². The van der Waals surface area contributed by atoms with Crippen LogP contribution in [-0.2, 0) is 13.6 Å². The van der Waals surface area contributed by atoms with Crippen molar-refractivity contribution in [3.8, 4) is 0 Å². The Morgan fingerprint density at radius 1 is 1.47 bits per heavy atom. The minimum atomic E-state index is -0.318. The molecule has 0 radical (unpaired) electrons. The Kier molecular flexibility index (Phi) is 1.85. The quantitative estimate of drug-likeness (QED) is 0.548. The Hall–Kier alpha value is -2.51. The van der Waals surface area contributed by atoms with Crippen molar-refractivity contribution in [1.29, 1.82) is 0 Å². The van der Waals surface area contributed by atoms with Crippen LogP contribution in [0.5, 0.6) is 0 Å². The molecule has 86 valence electrons. The fraction of sp³-hybridized carbons (Fsp3) is 0.222. The molecule has 0 saturated heterocycles. The molecule has 0 unspecified atom stereocenters. The monoisotopic (exact) mass is 231 g/mol. The van der Waals surface area contributed by atoms with Crippen molar-refractivity contribution in [3.05, 3.63) is 29.5 Å². The first-order valence-electron chi connectivity index (χ1n) is 4.97. The number of tetrazole rings is 1. The first-order chi connectivity index (χ1) is 8.24. The van der Waals surface area contributed by atoms with Gasteiger partial charge in [-0.15, -0.1) is 16.2 Å². The molecule has 0 spiro atoms. The number of aromatic nitrogens is 7. The van der Waals surface area contributed by atoms with E-state index in [0.717, 1.165) is 10.0 Å². The number of rotatable bonds is 2. The summed E-state index contributed by atoms with van der Waals surface area (Å²) in [6.45, 7) is 4.26. The third-order valence-corrected chi connectivity index (χ3v) is 2.61. The van der Waals surface area contributed by atoms with Crippen LogP contribution in [0.2, 0.25) is 0 Å². The third-order valence-electron chi connectivity index (χ3n) is 2.61. The van der Waals surface area contributed by atoms with Crippen LogP contribution in [0.4, 0.5) is 0 Å². The van der Waals surface area contributed by atoms with Gasteiger partial charge in [0.15, 0.2) is 5.65 Å². The van der Waals surface area contributed by atoms with E-state index in [1.54, 1.807) is 19.5 Å². The fourth-order valence-corrected chi connectivity index (χ4v) is 1.82. The molecule has 0 fully saturated rings. The molecule has 17 heavy (non-hydrogen) atoms. The number of hydrogen-bond acceptors (Lipinski definition) is 5. The molecule has 0 bridgehead atoms. The van der Waals surface area contributed by atoms with Crippen LogP contribution in [-0.4, -0.2) is 34.2 Å². The number of aryl methyl sites for hydroxylation is 1. The molecule has 3 aromatic heterocycles. The Labute approximate surface area is 94.8 Å². The van der Waals surface area contributed by atoms with Crippen LogP contribution in [0.3, 0.4) is 0 Å². The van der Waals surface area contributed by atoms with Gasteiger partial charge >= 0.3 is 5.69 Å². The van der Waals surface area contributed by atoms with Crippen LogP contribution < -0.4 is 5.69 Å². The molecule has 0 aromatic carbocycles. The zero-order valence-corrected chi connectivity index (χ0v) is 9.11. The average molecular weight is 231 g/mol. The minimum absolute atomic E-state index is 0.318. The van der Waals surface area contributed by atoms with Crippen molar-refractivity contribution < 1.29 is 0 Å². The van der Waals surface area contributed by atoms with Gasteiger partial charge in [-0.1, -0.05) is 6.08 Å². The molecular weight excluding hydrogens is 222 g/mol. The van der Waals surface area contributed by atoms with Gasteiger partial charge in [0.1, 0.15) is 5.52 Å². The summed E-state index contributed by atoms with van der Waals surface area (Å²) in [5, 5.41) is 11.0. The number of fused-ring (bicyclic) bond motifs is 3. The molecule has 0 amide bonds. The van der Waals surface area contributed by atoms with E-state index >= 15 is 0 Å². The second kappa shape index (κ2) is 3.24. The second-order valence-electron chi connectivity index (χ2n) is 3.61. The molecule has 3 heterocycles. The predicted octanol–water partition coefficient (Wildman–Crippen LogP) is -0.641. The Balaban J connectivity index is 2.59. The second-order valence-corrected chi connectivity index (χ2v) is 3.61. The van der Waals surface area contributed by atoms with Crippen molar-refractivity contribution in [2.24, 2.45) is 7.05 Å². The highest BCUT2D eigenvalue weighted by Gasteiger charge is 2.15. The molecule has 0 aliphatic carbocycles. The molecule has 8 heteroatoms. The summed E-state index contributed by atoms with van der Waals surface area (Å²) < 4.78 is 4.41. The topological polar surface area (TPSA) is 82.9 Å². The molecule has 3 rings (SSSR count). The molecule has 8 nitrogen and oxygen atoms in total. The predicted molar refractivity (Wildman–Crippen MR) is 59.5 cm³/mol. The fourth-order valence-electron chi connectivity index (χ4n) is 1.82. The summed E-state index contributed by atoms with van der Waals surface area (Å²) in [5.41, 5.74) is 1.36. The van der Waals surface area contributed by atoms with E-state index in [1.165, 1.54) is 4.57 Å². The van der Waals surface area contributed by atoms with Crippen molar-refractivity contribution in [3.63, 3.8) is 0 Å². The van der Waals surface area contributed by atoms with Crippen LogP contribution in [0.15, 0.2) is 23.8 Å². The van der Waals surface area contributed by atoms with E-state index < -0.39 is 0 Å². The van der Waals surface area contributed by atoms with Gasteiger partial charge in [-0.3, -0.25) is 4.57 Å². The third kappa shape index (κ3) is 1.14. The van der Waals surface area contributed by atoms with E-state index in [4.69, 9.17) is 0 Å². The van der Waals surface area contributed by atoms with Gasteiger partial charge in [0.2, 0.25) is 5.65 Å². The van der Waals surface area contributed by atoms with E-state index in [0.29, 0.717) is 17.8 Å². The van der Waals surface area contributed by atoms with Gasteiger partial charge in [-0.05, 0) is 10.4 Å². The lowest BCUT2D eigenvalue weighted by Gasteiger charge is -2.02. The molecule has 0 atom stereocenters. The van der Waals surface area contributed by atoms with Gasteiger partial charge < -0.3 is 4.57 Å². The minimum Gasteiger partial charge on any atom is -0.322 e. The van der Waals surface area contributed by atoms with E-state index in [9.17, 15) is 4.79 Å². The van der Waals surface area contributed by atoms with Crippen LogP contribution >= 0.6 is 0 Å². The number of nitrogens with zero attached hydrogens (tertiary/aromatic N) is 7. The molecule has 0 aliphatic rings. The van der Waals surface area contributed by atoms with Crippen LogP contribution in [0, 0.1) is 0 Å². The Morgan fingerprint density at radius 3 is 3.06 bits per heavy atom. The highest BCUT2D eigenvalue weighted by molar-refractivity contribution is 5.85. The highest BCUT2D eigenvalue weighted by atomic mass is 16.2. The van der Waals surface area contributed by atoms with Gasteiger partial charge in [-0.25, -0.2) is 9.78 Å². The Bertz CT molecular complexity index is 778. The molecular formula is C9H9N7O. The lowest BCUT2D eigenvalue weighted by molar-refractivity contribution is 0.727. The molecule has 3 aromatic rings. The van der Waals surface area contributed by atoms with Gasteiger partial charge in [0, 0.05) is 13.6 Å². The summed E-state index contributed by atoms with van der Waals surface area (Å²) in [7, 11) is 1.64. The summed E-state index contributed by atoms with van der Waals surface area (Å²) in [5.74, 6) is 0. The molecule has 0 saturated carbocycles. The van der Waals surface area contributed by atoms with Gasteiger partial charge in [0.05, 0.1) is 6.33 Å². The summed E-state index contributed by atoms with van der Waals surface area (Å²) in [6.07, 6.45) is 3.38. The summed E-state index contributed by atoms with van der Waals surface area (Å²) in [6, 6.07) is 0. The largest absolute Gasteiger partial charge is 0.353 e. The van der Waals surface area contributed by atoms with E-state index in [1.807, 2.05) is 4.57 Å². The highest BCUT2D eigenvalue weighted by Crippen LogP contribution is 2.14.